The Balaban J connectivity index is 1.62. The van der Waals surface area contributed by atoms with E-state index in [1.807, 2.05) is 18.2 Å². The standard InChI is InChI=1S/C22H24BrF2N3O2/c1-14(2)26-10-15-4-3-5-16(8-15)11-28-13-27-21(20(23)22(28)29)30-12-17-6-7-18(24)9-19(17)25/h3-9,14,26-27H,10-13H2,1-2H3. The molecule has 1 heterocycles. The lowest BCUT2D eigenvalue weighted by Gasteiger charge is -2.29. The minimum absolute atomic E-state index is 0.123. The Kier molecular flexibility index (Phi) is 7.44. The van der Waals surface area contributed by atoms with Crippen LogP contribution < -0.4 is 10.6 Å². The number of carbonyl (C=O) groups excluding carboxylic acids is 1. The zero-order chi connectivity index (χ0) is 21.7. The second-order valence-electron chi connectivity index (χ2n) is 7.36. The fourth-order valence-corrected chi connectivity index (χ4v) is 3.47. The van der Waals surface area contributed by atoms with Crippen molar-refractivity contribution in [2.45, 2.75) is 39.6 Å². The van der Waals surface area contributed by atoms with Crippen molar-refractivity contribution >= 4 is 21.8 Å². The van der Waals surface area contributed by atoms with Gasteiger partial charge in [0.1, 0.15) is 22.7 Å². The van der Waals surface area contributed by atoms with Crippen molar-refractivity contribution in [1.82, 2.24) is 15.5 Å². The number of benzene rings is 2. The molecular formula is C22H24BrF2N3O2. The van der Waals surface area contributed by atoms with E-state index in [9.17, 15) is 13.6 Å². The zero-order valence-electron chi connectivity index (χ0n) is 16.8. The summed E-state index contributed by atoms with van der Waals surface area (Å²) in [5.41, 5.74) is 2.37. The molecule has 2 aromatic rings. The third-order valence-electron chi connectivity index (χ3n) is 4.57. The van der Waals surface area contributed by atoms with Gasteiger partial charge in [0.2, 0.25) is 5.88 Å². The van der Waals surface area contributed by atoms with Gasteiger partial charge in [-0.05, 0) is 39.2 Å². The van der Waals surface area contributed by atoms with Gasteiger partial charge >= 0.3 is 0 Å². The summed E-state index contributed by atoms with van der Waals surface area (Å²) in [6.45, 7) is 5.52. The lowest BCUT2D eigenvalue weighted by molar-refractivity contribution is -0.128. The lowest BCUT2D eigenvalue weighted by atomic mass is 10.1. The number of hydrogen-bond donors (Lipinski definition) is 2. The van der Waals surface area contributed by atoms with Crippen LogP contribution in [-0.4, -0.2) is 23.5 Å². The van der Waals surface area contributed by atoms with Crippen LogP contribution >= 0.6 is 15.9 Å². The summed E-state index contributed by atoms with van der Waals surface area (Å²) in [5.74, 6) is -1.34. The van der Waals surface area contributed by atoms with Crippen LogP contribution in [0.25, 0.3) is 0 Å². The predicted molar refractivity (Wildman–Crippen MR) is 114 cm³/mol. The molecule has 160 valence electrons. The van der Waals surface area contributed by atoms with Gasteiger partial charge in [-0.15, -0.1) is 0 Å². The molecule has 2 aromatic carbocycles. The second-order valence-corrected chi connectivity index (χ2v) is 8.15. The summed E-state index contributed by atoms with van der Waals surface area (Å²) in [6.07, 6.45) is 0. The highest BCUT2D eigenvalue weighted by Crippen LogP contribution is 2.22. The highest BCUT2D eigenvalue weighted by Gasteiger charge is 2.26. The second kappa shape index (κ2) is 10.0. The highest BCUT2D eigenvalue weighted by atomic mass is 79.9. The predicted octanol–water partition coefficient (Wildman–Crippen LogP) is 4.13. The maximum atomic E-state index is 13.8. The van der Waals surface area contributed by atoms with Crippen molar-refractivity contribution in [3.8, 4) is 0 Å². The first-order chi connectivity index (χ1) is 14.3. The minimum atomic E-state index is -0.692. The first-order valence-electron chi connectivity index (χ1n) is 9.64. The monoisotopic (exact) mass is 479 g/mol. The maximum Gasteiger partial charge on any atom is 0.268 e. The summed E-state index contributed by atoms with van der Waals surface area (Å²) in [7, 11) is 0. The fourth-order valence-electron chi connectivity index (χ4n) is 2.96. The van der Waals surface area contributed by atoms with Crippen LogP contribution in [0, 0.1) is 11.6 Å². The van der Waals surface area contributed by atoms with Crippen LogP contribution in [0.4, 0.5) is 8.78 Å². The van der Waals surface area contributed by atoms with Crippen molar-refractivity contribution in [2.24, 2.45) is 0 Å². The molecule has 0 radical (unpaired) electrons. The summed E-state index contributed by atoms with van der Waals surface area (Å²) in [4.78, 5) is 14.4. The molecule has 1 aliphatic rings. The fraction of sp³-hybridized carbons (Fsp3) is 0.318. The van der Waals surface area contributed by atoms with Crippen LogP contribution in [0.15, 0.2) is 52.8 Å². The maximum absolute atomic E-state index is 13.8. The number of nitrogens with zero attached hydrogens (tertiary/aromatic N) is 1. The smallest absolute Gasteiger partial charge is 0.268 e. The number of halogens is 3. The summed E-state index contributed by atoms with van der Waals surface area (Å²) in [5, 5.41) is 6.41. The van der Waals surface area contributed by atoms with E-state index in [-0.39, 0.29) is 35.1 Å². The average Bonchev–Trinajstić information content (AvgIpc) is 2.71. The first kappa shape index (κ1) is 22.2. The van der Waals surface area contributed by atoms with Gasteiger partial charge in [-0.25, -0.2) is 8.78 Å². The summed E-state index contributed by atoms with van der Waals surface area (Å²) in [6, 6.07) is 11.8. The molecule has 0 aliphatic carbocycles. The number of ether oxygens (including phenoxy) is 1. The Labute approximate surface area is 183 Å². The molecule has 0 fully saturated rings. The van der Waals surface area contributed by atoms with E-state index in [4.69, 9.17) is 4.74 Å². The van der Waals surface area contributed by atoms with Crippen LogP contribution in [-0.2, 0) is 29.2 Å². The van der Waals surface area contributed by atoms with Gasteiger partial charge in [-0.1, -0.05) is 38.1 Å². The van der Waals surface area contributed by atoms with Crippen molar-refractivity contribution in [1.29, 1.82) is 0 Å². The van der Waals surface area contributed by atoms with Crippen LogP contribution in [0.1, 0.15) is 30.5 Å². The molecule has 0 aromatic heterocycles. The number of carbonyl (C=O) groups is 1. The molecule has 0 unspecified atom stereocenters. The minimum Gasteiger partial charge on any atom is -0.473 e. The molecule has 2 N–H and O–H groups in total. The molecule has 0 bridgehead atoms. The van der Waals surface area contributed by atoms with Gasteiger partial charge in [-0.3, -0.25) is 4.79 Å². The van der Waals surface area contributed by atoms with E-state index in [1.165, 1.54) is 6.07 Å². The first-order valence-corrected chi connectivity index (χ1v) is 10.4. The van der Waals surface area contributed by atoms with E-state index in [0.29, 0.717) is 12.6 Å². The van der Waals surface area contributed by atoms with Crippen LogP contribution in [0.3, 0.4) is 0 Å². The molecule has 8 heteroatoms. The molecule has 3 rings (SSSR count). The lowest BCUT2D eigenvalue weighted by Crippen LogP contribution is -2.44. The van der Waals surface area contributed by atoms with E-state index < -0.39 is 11.6 Å². The number of rotatable bonds is 8. The molecular weight excluding hydrogens is 456 g/mol. The summed E-state index contributed by atoms with van der Waals surface area (Å²) >= 11 is 3.27. The van der Waals surface area contributed by atoms with Gasteiger partial charge in [-0.2, -0.15) is 0 Å². The van der Waals surface area contributed by atoms with Gasteiger partial charge < -0.3 is 20.3 Å². The van der Waals surface area contributed by atoms with Crippen molar-refractivity contribution < 1.29 is 18.3 Å². The van der Waals surface area contributed by atoms with Gasteiger partial charge in [0.15, 0.2) is 0 Å². The van der Waals surface area contributed by atoms with Gasteiger partial charge in [0.05, 0.1) is 6.67 Å². The van der Waals surface area contributed by atoms with E-state index >= 15 is 0 Å². The van der Waals surface area contributed by atoms with Crippen LogP contribution in [0.5, 0.6) is 0 Å². The van der Waals surface area contributed by atoms with Gasteiger partial charge in [0.25, 0.3) is 5.91 Å². The molecule has 1 aliphatic heterocycles. The van der Waals surface area contributed by atoms with Crippen LogP contribution in [0.2, 0.25) is 0 Å². The Morgan fingerprint density at radius 1 is 1.20 bits per heavy atom. The third-order valence-corrected chi connectivity index (χ3v) is 5.27. The summed E-state index contributed by atoms with van der Waals surface area (Å²) < 4.78 is 32.6. The van der Waals surface area contributed by atoms with Crippen molar-refractivity contribution in [2.75, 3.05) is 6.67 Å². The Morgan fingerprint density at radius 2 is 1.97 bits per heavy atom. The number of amides is 1. The average molecular weight is 480 g/mol. The van der Waals surface area contributed by atoms with Gasteiger partial charge in [0, 0.05) is 30.8 Å². The molecule has 0 saturated carbocycles. The molecule has 1 amide bonds. The highest BCUT2D eigenvalue weighted by molar-refractivity contribution is 9.12. The van der Waals surface area contributed by atoms with Crippen molar-refractivity contribution in [3.63, 3.8) is 0 Å². The zero-order valence-corrected chi connectivity index (χ0v) is 18.4. The normalized spacial score (nSPS) is 14.3. The Hall–Kier alpha value is -2.45. The SMILES string of the molecule is CC(C)NCc1cccc(CN2CNC(OCc3ccc(F)cc3F)=C(Br)C2=O)c1. The molecule has 0 atom stereocenters. The number of nitrogens with one attached hydrogen (secondary N) is 2. The third kappa shape index (κ3) is 5.79. The van der Waals surface area contributed by atoms with E-state index in [2.05, 4.69) is 46.5 Å². The number of hydrogen-bond acceptors (Lipinski definition) is 4. The molecule has 5 nitrogen and oxygen atoms in total. The Morgan fingerprint density at radius 3 is 2.70 bits per heavy atom. The molecule has 0 saturated heterocycles. The topological polar surface area (TPSA) is 53.6 Å². The molecule has 30 heavy (non-hydrogen) atoms. The Bertz CT molecular complexity index is 950. The van der Waals surface area contributed by atoms with E-state index in [0.717, 1.165) is 29.8 Å². The van der Waals surface area contributed by atoms with E-state index in [1.54, 1.807) is 4.90 Å². The van der Waals surface area contributed by atoms with Crippen molar-refractivity contribution in [3.05, 3.63) is 81.2 Å². The largest absolute Gasteiger partial charge is 0.473 e. The quantitative estimate of drug-likeness (QED) is 0.597. The molecule has 0 spiro atoms.